The molecule has 0 heterocycles. The van der Waals surface area contributed by atoms with Crippen molar-refractivity contribution >= 4 is 22.5 Å². The van der Waals surface area contributed by atoms with Crippen LogP contribution in [0.4, 0.5) is 0 Å². The van der Waals surface area contributed by atoms with E-state index in [9.17, 15) is 0 Å². The van der Waals surface area contributed by atoms with Crippen LogP contribution in [-0.4, -0.2) is 13.4 Å². The lowest BCUT2D eigenvalue weighted by Crippen LogP contribution is -1.85. The van der Waals surface area contributed by atoms with Crippen LogP contribution in [0.25, 0.3) is 10.8 Å². The van der Waals surface area contributed by atoms with Crippen LogP contribution in [0.5, 0.6) is 5.75 Å². The molecule has 0 aromatic heterocycles. The van der Waals surface area contributed by atoms with Gasteiger partial charge in [0.15, 0.2) is 0 Å². The SMILES string of the molecule is CC1CCC(C)C1.CC=CCCC.CCCc1ccccc1C.CCc1ccccc1.COc1ccccc1C.CSc1ccccc1C.Cc1cccc2cccc(C)c12. The lowest BCUT2D eigenvalue weighted by atomic mass is 10.0. The van der Waals surface area contributed by atoms with E-state index in [0.29, 0.717) is 0 Å². The first-order valence-corrected chi connectivity index (χ1v) is 24.0. The van der Waals surface area contributed by atoms with E-state index in [4.69, 9.17) is 4.74 Å². The average molecular weight is 839 g/mol. The van der Waals surface area contributed by atoms with Gasteiger partial charge in [0.2, 0.25) is 0 Å². The quantitative estimate of drug-likeness (QED) is 0.117. The molecule has 1 aliphatic carbocycles. The van der Waals surface area contributed by atoms with E-state index in [0.717, 1.165) is 24.0 Å². The van der Waals surface area contributed by atoms with Gasteiger partial charge in [0.05, 0.1) is 7.11 Å². The molecule has 7 rings (SSSR count). The summed E-state index contributed by atoms with van der Waals surface area (Å²) >= 11 is 1.80. The summed E-state index contributed by atoms with van der Waals surface area (Å²) in [6.45, 7) is 24.0. The average Bonchev–Trinajstić information content (AvgIpc) is 3.67. The largest absolute Gasteiger partial charge is 0.496 e. The molecule has 6 aromatic rings. The van der Waals surface area contributed by atoms with Gasteiger partial charge in [-0.2, -0.15) is 0 Å². The molecular formula is C59H82OS. The summed E-state index contributed by atoms with van der Waals surface area (Å²) < 4.78 is 5.04. The highest BCUT2D eigenvalue weighted by Gasteiger charge is 2.16. The predicted octanol–water partition coefficient (Wildman–Crippen LogP) is 18.2. The van der Waals surface area contributed by atoms with Crippen molar-refractivity contribution in [3.05, 3.63) is 191 Å². The molecule has 0 N–H and O–H groups in total. The molecular weight excluding hydrogens is 757 g/mol. The van der Waals surface area contributed by atoms with Gasteiger partial charge in [0, 0.05) is 4.90 Å². The number of fused-ring (bicyclic) bond motifs is 1. The molecule has 1 saturated carbocycles. The number of ether oxygens (including phenoxy) is 1. The maximum atomic E-state index is 5.04. The highest BCUT2D eigenvalue weighted by atomic mass is 32.2. The molecule has 1 aliphatic rings. The Morgan fingerprint density at radius 3 is 1.44 bits per heavy atom. The maximum absolute atomic E-state index is 5.04. The first kappa shape index (κ1) is 54.5. The highest BCUT2D eigenvalue weighted by molar-refractivity contribution is 7.98. The van der Waals surface area contributed by atoms with Crippen LogP contribution in [0.3, 0.4) is 0 Å². The van der Waals surface area contributed by atoms with E-state index >= 15 is 0 Å². The summed E-state index contributed by atoms with van der Waals surface area (Å²) in [6, 6.07) is 48.2. The molecule has 6 aromatic carbocycles. The fourth-order valence-corrected chi connectivity index (χ4v) is 7.62. The first-order chi connectivity index (χ1) is 29.4. The van der Waals surface area contributed by atoms with Gasteiger partial charge < -0.3 is 4.74 Å². The lowest BCUT2D eigenvalue weighted by Gasteiger charge is -2.04. The van der Waals surface area contributed by atoms with Crippen LogP contribution in [0.1, 0.15) is 119 Å². The Balaban J connectivity index is 0.000000360. The Labute approximate surface area is 379 Å². The van der Waals surface area contributed by atoms with E-state index in [1.54, 1.807) is 18.9 Å². The summed E-state index contributed by atoms with van der Waals surface area (Å²) in [5.74, 6) is 3.00. The van der Waals surface area contributed by atoms with E-state index in [2.05, 4.69) is 197 Å². The van der Waals surface area contributed by atoms with Crippen molar-refractivity contribution in [2.45, 2.75) is 132 Å². The Kier molecular flexibility index (Phi) is 30.5. The molecule has 0 amide bonds. The second-order valence-electron chi connectivity index (χ2n) is 16.1. The molecule has 0 saturated heterocycles. The van der Waals surface area contributed by atoms with E-state index in [1.807, 2.05) is 37.3 Å². The zero-order valence-electron chi connectivity index (χ0n) is 40.6. The highest BCUT2D eigenvalue weighted by Crippen LogP contribution is 2.29. The third-order valence-corrected chi connectivity index (χ3v) is 11.5. The molecule has 330 valence electrons. The molecule has 2 atom stereocenters. The van der Waals surface area contributed by atoms with Gasteiger partial charge in [-0.15, -0.1) is 11.8 Å². The van der Waals surface area contributed by atoms with Crippen LogP contribution >= 0.6 is 11.8 Å². The van der Waals surface area contributed by atoms with E-state index in [1.165, 1.54) is 99.6 Å². The van der Waals surface area contributed by atoms with E-state index in [-0.39, 0.29) is 0 Å². The molecule has 2 heteroatoms. The van der Waals surface area contributed by atoms with Gasteiger partial charge in [-0.3, -0.25) is 0 Å². The fraction of sp³-hybridized carbons (Fsp3) is 0.390. The smallest absolute Gasteiger partial charge is 0.121 e. The minimum atomic E-state index is 0.956. The summed E-state index contributed by atoms with van der Waals surface area (Å²) in [4.78, 5) is 1.37. The second kappa shape index (κ2) is 34.1. The molecule has 1 nitrogen and oxygen atoms in total. The van der Waals surface area contributed by atoms with Crippen molar-refractivity contribution in [2.24, 2.45) is 11.8 Å². The molecule has 0 spiro atoms. The summed E-state index contributed by atoms with van der Waals surface area (Å²) in [7, 11) is 1.68. The maximum Gasteiger partial charge on any atom is 0.121 e. The fourth-order valence-electron chi connectivity index (χ4n) is 7.02. The molecule has 61 heavy (non-hydrogen) atoms. The zero-order valence-corrected chi connectivity index (χ0v) is 41.4. The number of hydrogen-bond donors (Lipinski definition) is 0. The minimum absolute atomic E-state index is 0.956. The predicted molar refractivity (Wildman–Crippen MR) is 277 cm³/mol. The minimum Gasteiger partial charge on any atom is -0.496 e. The van der Waals surface area contributed by atoms with Crippen molar-refractivity contribution < 1.29 is 4.74 Å². The Morgan fingerprint density at radius 2 is 1.08 bits per heavy atom. The van der Waals surface area contributed by atoms with Crippen molar-refractivity contribution in [2.75, 3.05) is 13.4 Å². The Hall–Kier alpha value is -4.53. The van der Waals surface area contributed by atoms with Crippen molar-refractivity contribution in [1.29, 1.82) is 0 Å². The molecule has 0 radical (unpaired) electrons. The van der Waals surface area contributed by atoms with Crippen molar-refractivity contribution in [3.63, 3.8) is 0 Å². The second-order valence-corrected chi connectivity index (χ2v) is 16.9. The van der Waals surface area contributed by atoms with Gasteiger partial charge in [-0.1, -0.05) is 200 Å². The Bertz CT molecular complexity index is 1920. The van der Waals surface area contributed by atoms with Crippen LogP contribution in [-0.2, 0) is 12.8 Å². The number of allylic oxidation sites excluding steroid dienone is 2. The van der Waals surface area contributed by atoms with E-state index < -0.39 is 0 Å². The molecule has 1 fully saturated rings. The number of thioether (sulfide) groups is 1. The molecule has 2 unspecified atom stereocenters. The summed E-state index contributed by atoms with van der Waals surface area (Å²) in [6.07, 6.45) is 16.9. The third-order valence-electron chi connectivity index (χ3n) is 10.6. The monoisotopic (exact) mass is 839 g/mol. The summed E-state index contributed by atoms with van der Waals surface area (Å²) in [5, 5.41) is 2.75. The number of unbranched alkanes of at least 4 members (excludes halogenated alkanes) is 1. The van der Waals surface area contributed by atoms with Crippen molar-refractivity contribution in [1.82, 2.24) is 0 Å². The summed E-state index contributed by atoms with van der Waals surface area (Å²) in [5.41, 5.74) is 9.60. The van der Waals surface area contributed by atoms with Crippen LogP contribution in [0.2, 0.25) is 0 Å². The molecule has 0 aliphatic heterocycles. The number of para-hydroxylation sites is 1. The standard InChI is InChI=1S/C12H12.C10H14.C8H10O.C8H10S.C8H10.C7H14.C6H12/c1-9-5-3-7-11-8-4-6-10(2)12(9)11;1-3-6-10-8-5-4-7-9(10)2;2*1-7-5-3-4-6-8(7)9-2;1-2-8-6-4-3-5-7-8;1-6-3-4-7(2)5-6;1-3-5-6-4-2/h3-8H,1-2H3;4-5,7-8H,3,6H2,1-2H3;2*3-6H,1-2H3;3-7H,2H2,1H3;6-7H,3-5H2,1-2H3;3,5H,4,6H2,1-2H3. The lowest BCUT2D eigenvalue weighted by molar-refractivity contribution is 0.411. The topological polar surface area (TPSA) is 9.23 Å². The zero-order chi connectivity index (χ0) is 45.3. The third kappa shape index (κ3) is 23.9. The van der Waals surface area contributed by atoms with Gasteiger partial charge in [-0.05, 0) is 147 Å². The van der Waals surface area contributed by atoms with Gasteiger partial charge in [-0.25, -0.2) is 0 Å². The number of aryl methyl sites for hydroxylation is 7. The van der Waals surface area contributed by atoms with Crippen LogP contribution in [0.15, 0.2) is 157 Å². The number of methoxy groups -OCH3 is 1. The Morgan fingerprint density at radius 1 is 0.574 bits per heavy atom. The van der Waals surface area contributed by atoms with Gasteiger partial charge >= 0.3 is 0 Å². The van der Waals surface area contributed by atoms with Gasteiger partial charge in [0.25, 0.3) is 0 Å². The number of hydrogen-bond acceptors (Lipinski definition) is 2. The van der Waals surface area contributed by atoms with Crippen molar-refractivity contribution in [3.8, 4) is 5.75 Å². The first-order valence-electron chi connectivity index (χ1n) is 22.8. The van der Waals surface area contributed by atoms with Crippen LogP contribution in [0, 0.1) is 46.5 Å². The van der Waals surface area contributed by atoms with Gasteiger partial charge in [0.1, 0.15) is 5.75 Å². The number of rotatable bonds is 7. The normalized spacial score (nSPS) is 13.5. The molecule has 0 bridgehead atoms. The van der Waals surface area contributed by atoms with Crippen LogP contribution < -0.4 is 4.74 Å². The number of benzene rings is 6.